The van der Waals surface area contributed by atoms with Gasteiger partial charge >= 0.3 is 12.0 Å². The number of nitrogens with one attached hydrogen (secondary N) is 2. The van der Waals surface area contributed by atoms with E-state index in [1.807, 2.05) is 36.4 Å². The third-order valence-corrected chi connectivity index (χ3v) is 8.23. The van der Waals surface area contributed by atoms with Crippen molar-refractivity contribution in [1.82, 2.24) is 9.88 Å². The highest BCUT2D eigenvalue weighted by atomic mass is 35.5. The van der Waals surface area contributed by atoms with E-state index in [-0.39, 0.29) is 18.9 Å². The molecule has 1 aromatic heterocycles. The zero-order valence-electron chi connectivity index (χ0n) is 22.9. The summed E-state index contributed by atoms with van der Waals surface area (Å²) in [4.78, 5) is 30.7. The van der Waals surface area contributed by atoms with Crippen molar-refractivity contribution in [1.29, 1.82) is 0 Å². The molecule has 3 N–H and O–H groups in total. The number of thiazole rings is 1. The van der Waals surface area contributed by atoms with Gasteiger partial charge < -0.3 is 10.0 Å². The normalized spacial score (nSPS) is 11.3. The van der Waals surface area contributed by atoms with E-state index < -0.39 is 22.0 Å². The number of anilines is 2. The van der Waals surface area contributed by atoms with Crippen molar-refractivity contribution in [2.45, 2.75) is 25.2 Å². The summed E-state index contributed by atoms with van der Waals surface area (Å²) in [5.74, 6) is -0.876. The van der Waals surface area contributed by atoms with Crippen molar-refractivity contribution >= 4 is 55.8 Å². The maximum atomic E-state index is 13.4. The first-order valence-corrected chi connectivity index (χ1v) is 16.3. The number of hydrogen-bond donors (Lipinski definition) is 3. The molecule has 4 rings (SSSR count). The molecule has 0 fully saturated rings. The lowest BCUT2D eigenvalue weighted by molar-refractivity contribution is -0.137. The first kappa shape index (κ1) is 31.0. The van der Waals surface area contributed by atoms with Crippen molar-refractivity contribution in [2.75, 3.05) is 29.4 Å². The van der Waals surface area contributed by atoms with E-state index in [0.29, 0.717) is 45.8 Å². The van der Waals surface area contributed by atoms with Gasteiger partial charge in [-0.3, -0.25) is 14.8 Å². The Morgan fingerprint density at radius 2 is 1.55 bits per heavy atom. The molecule has 0 aliphatic carbocycles. The zero-order chi connectivity index (χ0) is 30.1. The van der Waals surface area contributed by atoms with Crippen LogP contribution in [0.2, 0.25) is 4.34 Å². The molecule has 2 amide bonds. The summed E-state index contributed by atoms with van der Waals surface area (Å²) < 4.78 is 25.7. The Morgan fingerprint density at radius 3 is 2.10 bits per heavy atom. The number of aliphatic carboxylic acids is 1. The van der Waals surface area contributed by atoms with Crippen LogP contribution in [0.4, 0.5) is 15.6 Å². The lowest BCUT2D eigenvalue weighted by Gasteiger charge is -2.26. The molecule has 3 aromatic carbocycles. The molecule has 4 aromatic rings. The molecule has 0 aliphatic rings. The highest BCUT2D eigenvalue weighted by Crippen LogP contribution is 2.36. The molecule has 9 nitrogen and oxygen atoms in total. The van der Waals surface area contributed by atoms with Crippen LogP contribution in [-0.2, 0) is 14.8 Å². The smallest absolute Gasteiger partial charge is 0.323 e. The predicted molar refractivity (Wildman–Crippen MR) is 168 cm³/mol. The van der Waals surface area contributed by atoms with E-state index in [4.69, 9.17) is 16.7 Å². The van der Waals surface area contributed by atoms with E-state index in [0.717, 1.165) is 28.7 Å². The van der Waals surface area contributed by atoms with E-state index >= 15 is 0 Å². The fourth-order valence-electron chi connectivity index (χ4n) is 4.53. The SMILES string of the molecule is CS(=O)(=O)Nc1ccc(-c2nc(NC(=O)N(CCCC(=O)O)CCC(c3ccccc3)c3ccccc3)sc2Cl)cc1. The molecule has 12 heteroatoms. The van der Waals surface area contributed by atoms with Crippen LogP contribution in [0.3, 0.4) is 0 Å². The lowest BCUT2D eigenvalue weighted by atomic mass is 9.88. The van der Waals surface area contributed by atoms with Gasteiger partial charge in [0.15, 0.2) is 5.13 Å². The van der Waals surface area contributed by atoms with Gasteiger partial charge in [-0.05, 0) is 36.1 Å². The van der Waals surface area contributed by atoms with E-state index in [1.165, 1.54) is 0 Å². The van der Waals surface area contributed by atoms with Crippen molar-refractivity contribution in [2.24, 2.45) is 0 Å². The first-order chi connectivity index (χ1) is 20.1. The van der Waals surface area contributed by atoms with Gasteiger partial charge in [0.1, 0.15) is 10.0 Å². The minimum atomic E-state index is -3.41. The van der Waals surface area contributed by atoms with Crippen molar-refractivity contribution in [3.8, 4) is 11.3 Å². The topological polar surface area (TPSA) is 129 Å². The van der Waals surface area contributed by atoms with Crippen LogP contribution in [0.25, 0.3) is 11.3 Å². The number of nitrogens with zero attached hydrogens (tertiary/aromatic N) is 2. The Bertz CT molecular complexity index is 1560. The Labute approximate surface area is 254 Å². The number of rotatable bonds is 13. The molecule has 0 unspecified atom stereocenters. The number of amides is 2. The van der Waals surface area contributed by atoms with E-state index in [2.05, 4.69) is 39.3 Å². The number of benzene rings is 3. The molecular formula is C30H31ClN4O5S2. The van der Waals surface area contributed by atoms with Gasteiger partial charge in [-0.1, -0.05) is 95.7 Å². The number of carbonyl (C=O) groups is 2. The third kappa shape index (κ3) is 9.04. The average molecular weight is 627 g/mol. The average Bonchev–Trinajstić information content (AvgIpc) is 3.32. The highest BCUT2D eigenvalue weighted by molar-refractivity contribution is 7.92. The molecular weight excluding hydrogens is 596 g/mol. The van der Waals surface area contributed by atoms with Crippen LogP contribution >= 0.6 is 22.9 Å². The molecule has 220 valence electrons. The van der Waals surface area contributed by atoms with Crippen LogP contribution in [-0.4, -0.2) is 54.8 Å². The highest BCUT2D eigenvalue weighted by Gasteiger charge is 2.21. The molecule has 0 radical (unpaired) electrons. The third-order valence-electron chi connectivity index (χ3n) is 6.46. The Morgan fingerprint density at radius 1 is 0.952 bits per heavy atom. The quantitative estimate of drug-likeness (QED) is 0.150. The van der Waals surface area contributed by atoms with Gasteiger partial charge in [0.05, 0.1) is 6.26 Å². The maximum Gasteiger partial charge on any atom is 0.323 e. The number of halogens is 1. The summed E-state index contributed by atoms with van der Waals surface area (Å²) in [6.45, 7) is 0.649. The second-order valence-electron chi connectivity index (χ2n) is 9.67. The van der Waals surface area contributed by atoms with Crippen molar-refractivity contribution in [3.05, 3.63) is 100 Å². The summed E-state index contributed by atoms with van der Waals surface area (Å²) in [6, 6.07) is 26.3. The van der Waals surface area contributed by atoms with Gasteiger partial charge in [0, 0.05) is 36.7 Å². The fraction of sp³-hybridized carbons (Fsp3) is 0.233. The lowest BCUT2D eigenvalue weighted by Crippen LogP contribution is -2.37. The standard InChI is InChI=1S/C30H31ClN4O5S2/c1-42(39,40)34-24-16-14-23(15-17-24)27-28(31)41-29(32-27)33-30(38)35(19-8-13-26(36)37)20-18-25(21-9-4-2-5-10-21)22-11-6-3-7-12-22/h2-7,9-12,14-17,25,34H,8,13,18-20H2,1H3,(H,36,37)(H,32,33,38). The molecule has 0 saturated carbocycles. The monoisotopic (exact) mass is 626 g/mol. The van der Waals surface area contributed by atoms with Gasteiger partial charge in [-0.2, -0.15) is 0 Å². The maximum absolute atomic E-state index is 13.4. The molecule has 0 saturated heterocycles. The number of carboxylic acid groups (broad SMARTS) is 1. The van der Waals surface area contributed by atoms with Crippen LogP contribution in [0, 0.1) is 0 Å². The summed E-state index contributed by atoms with van der Waals surface area (Å²) >= 11 is 7.57. The number of urea groups is 1. The number of hydrogen-bond acceptors (Lipinski definition) is 6. The van der Waals surface area contributed by atoms with Gasteiger partial charge in [0.2, 0.25) is 10.0 Å². The Kier molecular flexibility index (Phi) is 10.6. The fourth-order valence-corrected chi connectivity index (χ4v) is 6.17. The van der Waals surface area contributed by atoms with Gasteiger partial charge in [-0.15, -0.1) is 0 Å². The van der Waals surface area contributed by atoms with E-state index in [1.54, 1.807) is 29.2 Å². The van der Waals surface area contributed by atoms with Crippen molar-refractivity contribution in [3.63, 3.8) is 0 Å². The number of carboxylic acids is 1. The summed E-state index contributed by atoms with van der Waals surface area (Å²) in [5, 5.41) is 12.3. The molecule has 0 bridgehead atoms. The Hall–Kier alpha value is -3.93. The van der Waals surface area contributed by atoms with Crippen LogP contribution in [0.5, 0.6) is 0 Å². The first-order valence-electron chi connectivity index (χ1n) is 13.2. The van der Waals surface area contributed by atoms with Crippen LogP contribution in [0.1, 0.15) is 36.3 Å². The minimum absolute atomic E-state index is 0.0447. The number of sulfonamides is 1. The predicted octanol–water partition coefficient (Wildman–Crippen LogP) is 6.76. The number of aromatic nitrogens is 1. The Balaban J connectivity index is 1.50. The van der Waals surface area contributed by atoms with Crippen LogP contribution < -0.4 is 10.0 Å². The molecule has 0 atom stereocenters. The second-order valence-corrected chi connectivity index (χ2v) is 13.0. The van der Waals surface area contributed by atoms with Crippen molar-refractivity contribution < 1.29 is 23.1 Å². The van der Waals surface area contributed by atoms with Crippen LogP contribution in [0.15, 0.2) is 84.9 Å². The van der Waals surface area contributed by atoms with E-state index in [9.17, 15) is 18.0 Å². The number of carbonyl (C=O) groups excluding carboxylic acids is 1. The largest absolute Gasteiger partial charge is 0.481 e. The molecule has 0 spiro atoms. The summed E-state index contributed by atoms with van der Waals surface area (Å²) in [5.41, 5.74) is 3.77. The minimum Gasteiger partial charge on any atom is -0.481 e. The molecule has 42 heavy (non-hydrogen) atoms. The zero-order valence-corrected chi connectivity index (χ0v) is 25.3. The summed E-state index contributed by atoms with van der Waals surface area (Å²) in [6.07, 6.45) is 1.96. The second kappa shape index (κ2) is 14.3. The van der Waals surface area contributed by atoms with Gasteiger partial charge in [-0.25, -0.2) is 18.2 Å². The van der Waals surface area contributed by atoms with Gasteiger partial charge in [0.25, 0.3) is 0 Å². The molecule has 1 heterocycles. The molecule has 0 aliphatic heterocycles. The summed E-state index contributed by atoms with van der Waals surface area (Å²) in [7, 11) is -3.41.